The molecule has 0 aliphatic carbocycles. The predicted octanol–water partition coefficient (Wildman–Crippen LogP) is 2.80. The third-order valence-corrected chi connectivity index (χ3v) is 4.90. The highest BCUT2D eigenvalue weighted by Crippen LogP contribution is 2.24. The molecule has 0 fully saturated rings. The van der Waals surface area contributed by atoms with Crippen LogP contribution in [0.3, 0.4) is 0 Å². The second-order valence-corrected chi connectivity index (χ2v) is 7.26. The number of aromatic nitrogens is 3. The third kappa shape index (κ3) is 4.71. The lowest BCUT2D eigenvalue weighted by Gasteiger charge is -2.17. The lowest BCUT2D eigenvalue weighted by Crippen LogP contribution is -2.33. The van der Waals surface area contributed by atoms with Gasteiger partial charge in [0.05, 0.1) is 0 Å². The summed E-state index contributed by atoms with van der Waals surface area (Å²) in [6.45, 7) is -0.800. The van der Waals surface area contributed by atoms with Gasteiger partial charge >= 0.3 is 6.18 Å². The van der Waals surface area contributed by atoms with Gasteiger partial charge < -0.3 is 16.0 Å². The number of alkyl halides is 3. The number of halogens is 3. The molecule has 0 atom stereocenters. The Morgan fingerprint density at radius 2 is 1.94 bits per heavy atom. The lowest BCUT2D eigenvalue weighted by molar-refractivity contribution is -0.123. The smallest absolute Gasteiger partial charge is 0.352 e. The van der Waals surface area contributed by atoms with E-state index in [-0.39, 0.29) is 11.5 Å². The number of amides is 2. The van der Waals surface area contributed by atoms with Crippen molar-refractivity contribution in [2.45, 2.75) is 12.6 Å². The molecule has 0 radical (unpaired) electrons. The number of carbonyl (C=O) groups is 2. The molecule has 0 saturated heterocycles. The molecule has 1 aliphatic heterocycles. The average Bonchev–Trinajstić information content (AvgIpc) is 3.12. The van der Waals surface area contributed by atoms with Gasteiger partial charge in [0.25, 0.3) is 11.8 Å². The fraction of sp³-hybridized carbons (Fsp3) is 0.238. The van der Waals surface area contributed by atoms with Crippen LogP contribution >= 0.6 is 0 Å². The van der Waals surface area contributed by atoms with Crippen molar-refractivity contribution in [2.24, 2.45) is 7.05 Å². The Kier molecular flexibility index (Phi) is 5.56. The highest BCUT2D eigenvalue weighted by molar-refractivity contribution is 5.97. The average molecular weight is 444 g/mol. The summed E-state index contributed by atoms with van der Waals surface area (Å²) in [7, 11) is 1.71. The first kappa shape index (κ1) is 21.3. The van der Waals surface area contributed by atoms with Gasteiger partial charge in [-0.15, -0.1) is 5.10 Å². The number of nitrogens with zero attached hydrogens (tertiary/aromatic N) is 3. The number of fused-ring (bicyclic) bond motifs is 1. The zero-order chi connectivity index (χ0) is 22.9. The maximum absolute atomic E-state index is 12.3. The number of hydrogen-bond acceptors (Lipinski definition) is 5. The molecular weight excluding hydrogens is 425 g/mol. The third-order valence-electron chi connectivity index (χ3n) is 4.90. The summed E-state index contributed by atoms with van der Waals surface area (Å²) < 4.78 is 38.3. The normalized spacial score (nSPS) is 13.3. The number of benzene rings is 2. The van der Waals surface area contributed by atoms with E-state index >= 15 is 0 Å². The van der Waals surface area contributed by atoms with Crippen LogP contribution in [0.25, 0.3) is 11.4 Å². The maximum atomic E-state index is 12.3. The van der Waals surface area contributed by atoms with Crippen molar-refractivity contribution in [2.75, 3.05) is 18.4 Å². The predicted molar refractivity (Wildman–Crippen MR) is 111 cm³/mol. The molecule has 2 heterocycles. The molecule has 166 valence electrons. The molecule has 2 amide bonds. The van der Waals surface area contributed by atoms with Gasteiger partial charge in [0, 0.05) is 36.0 Å². The summed E-state index contributed by atoms with van der Waals surface area (Å²) in [5.41, 5.74) is 3.06. The molecule has 3 N–H and O–H groups in total. The van der Waals surface area contributed by atoms with Crippen LogP contribution < -0.4 is 16.0 Å². The second kappa shape index (κ2) is 8.33. The molecule has 4 rings (SSSR count). The molecule has 0 unspecified atom stereocenters. The van der Waals surface area contributed by atoms with Crippen molar-refractivity contribution in [3.05, 3.63) is 59.2 Å². The van der Waals surface area contributed by atoms with Gasteiger partial charge in [-0.25, -0.2) is 4.68 Å². The molecule has 1 aliphatic rings. The van der Waals surface area contributed by atoms with E-state index in [0.717, 1.165) is 17.7 Å². The van der Waals surface area contributed by atoms with Gasteiger partial charge in [0.15, 0.2) is 5.82 Å². The standard InChI is InChI=1S/C21H19F3N6O2/c1-30-20(27-15-6-7-16-14(10-15)8-9-25-19(16)32)28-17(29-30)12-2-4-13(5-3-12)18(31)26-11-21(22,23)24/h2-7,10H,8-9,11H2,1H3,(H,25,32)(H,26,31)(H,27,28,29). The van der Waals surface area contributed by atoms with E-state index in [1.807, 2.05) is 11.4 Å². The Labute approximate surface area is 180 Å². The van der Waals surface area contributed by atoms with Crippen LogP contribution in [-0.2, 0) is 13.5 Å². The van der Waals surface area contributed by atoms with Gasteiger partial charge in [-0.05, 0) is 42.3 Å². The Morgan fingerprint density at radius 1 is 1.19 bits per heavy atom. The van der Waals surface area contributed by atoms with Gasteiger partial charge in [-0.2, -0.15) is 18.2 Å². The van der Waals surface area contributed by atoms with Gasteiger partial charge in [0.1, 0.15) is 6.54 Å². The van der Waals surface area contributed by atoms with Crippen molar-refractivity contribution < 1.29 is 22.8 Å². The molecule has 0 bridgehead atoms. The maximum Gasteiger partial charge on any atom is 0.405 e. The minimum absolute atomic E-state index is 0.0886. The molecule has 3 aromatic rings. The summed E-state index contributed by atoms with van der Waals surface area (Å²) >= 11 is 0. The number of rotatable bonds is 5. The zero-order valence-corrected chi connectivity index (χ0v) is 17.0. The molecule has 0 saturated carbocycles. The minimum Gasteiger partial charge on any atom is -0.352 e. The lowest BCUT2D eigenvalue weighted by atomic mass is 10.00. The van der Waals surface area contributed by atoms with E-state index in [2.05, 4.69) is 20.7 Å². The quantitative estimate of drug-likeness (QED) is 0.562. The summed E-state index contributed by atoms with van der Waals surface area (Å²) in [6.07, 6.45) is -3.73. The largest absolute Gasteiger partial charge is 0.405 e. The number of anilines is 2. The molecular formula is C21H19F3N6O2. The summed E-state index contributed by atoms with van der Waals surface area (Å²) in [5, 5.41) is 12.2. The number of nitrogens with one attached hydrogen (secondary N) is 3. The number of carbonyl (C=O) groups excluding carboxylic acids is 2. The van der Waals surface area contributed by atoms with E-state index in [1.165, 1.54) is 12.1 Å². The fourth-order valence-corrected chi connectivity index (χ4v) is 3.30. The number of aryl methyl sites for hydroxylation is 1. The molecule has 11 heteroatoms. The van der Waals surface area contributed by atoms with E-state index in [9.17, 15) is 22.8 Å². The monoisotopic (exact) mass is 444 g/mol. The van der Waals surface area contributed by atoms with Crippen molar-refractivity contribution in [1.29, 1.82) is 0 Å². The Bertz CT molecular complexity index is 1170. The van der Waals surface area contributed by atoms with Crippen molar-refractivity contribution >= 4 is 23.5 Å². The zero-order valence-electron chi connectivity index (χ0n) is 17.0. The SMILES string of the molecule is Cn1nc(-c2ccc(C(=O)NCC(F)(F)F)cc2)nc1Nc1ccc2c(c1)CCNC2=O. The summed E-state index contributed by atoms with van der Waals surface area (Å²) in [6, 6.07) is 11.4. The molecule has 1 aromatic heterocycles. The van der Waals surface area contributed by atoms with Crippen LogP contribution in [0, 0.1) is 0 Å². The van der Waals surface area contributed by atoms with E-state index < -0.39 is 18.6 Å². The van der Waals surface area contributed by atoms with E-state index in [0.29, 0.717) is 29.4 Å². The van der Waals surface area contributed by atoms with Crippen LogP contribution in [0.5, 0.6) is 0 Å². The fourth-order valence-electron chi connectivity index (χ4n) is 3.30. The second-order valence-electron chi connectivity index (χ2n) is 7.26. The first-order valence-corrected chi connectivity index (χ1v) is 9.74. The van der Waals surface area contributed by atoms with Gasteiger partial charge in [0.2, 0.25) is 5.95 Å². The van der Waals surface area contributed by atoms with Crippen molar-refractivity contribution in [1.82, 2.24) is 25.4 Å². The van der Waals surface area contributed by atoms with E-state index in [1.54, 1.807) is 36.0 Å². The molecule has 2 aromatic carbocycles. The molecule has 8 nitrogen and oxygen atoms in total. The van der Waals surface area contributed by atoms with Crippen LogP contribution in [0.4, 0.5) is 24.8 Å². The van der Waals surface area contributed by atoms with Crippen molar-refractivity contribution in [3.63, 3.8) is 0 Å². The Hall–Kier alpha value is -3.89. The summed E-state index contributed by atoms with van der Waals surface area (Å²) in [4.78, 5) is 28.2. The van der Waals surface area contributed by atoms with E-state index in [4.69, 9.17) is 0 Å². The first-order chi connectivity index (χ1) is 15.2. The van der Waals surface area contributed by atoms with Gasteiger partial charge in [-0.1, -0.05) is 12.1 Å². The molecule has 0 spiro atoms. The highest BCUT2D eigenvalue weighted by atomic mass is 19.4. The van der Waals surface area contributed by atoms with Crippen LogP contribution in [0.2, 0.25) is 0 Å². The van der Waals surface area contributed by atoms with Crippen LogP contribution in [-0.4, -0.2) is 45.8 Å². The highest BCUT2D eigenvalue weighted by Gasteiger charge is 2.28. The van der Waals surface area contributed by atoms with Crippen LogP contribution in [0.1, 0.15) is 26.3 Å². The Morgan fingerprint density at radius 3 is 2.66 bits per heavy atom. The van der Waals surface area contributed by atoms with Crippen LogP contribution in [0.15, 0.2) is 42.5 Å². The van der Waals surface area contributed by atoms with Gasteiger partial charge in [-0.3, -0.25) is 9.59 Å². The molecule has 32 heavy (non-hydrogen) atoms. The topological polar surface area (TPSA) is 101 Å². The number of hydrogen-bond donors (Lipinski definition) is 3. The summed E-state index contributed by atoms with van der Waals surface area (Å²) in [5.74, 6) is -0.0534. The minimum atomic E-state index is -4.47. The first-order valence-electron chi connectivity index (χ1n) is 9.74. The van der Waals surface area contributed by atoms with Crippen molar-refractivity contribution in [3.8, 4) is 11.4 Å². The Balaban J connectivity index is 1.48.